The summed E-state index contributed by atoms with van der Waals surface area (Å²) in [7, 11) is 0. The van der Waals surface area contributed by atoms with E-state index in [-0.39, 0.29) is 17.0 Å². The molecule has 0 fully saturated rings. The molecule has 0 saturated heterocycles. The Morgan fingerprint density at radius 3 is 2.00 bits per heavy atom. The molecule has 1 heterocycles. The van der Waals surface area contributed by atoms with Crippen LogP contribution in [0.25, 0.3) is 11.0 Å². The van der Waals surface area contributed by atoms with Gasteiger partial charge in [-0.05, 0) is 0 Å². The van der Waals surface area contributed by atoms with Gasteiger partial charge in [0, 0.05) is 6.07 Å². The number of H-pyrrole nitrogens is 1. The molecule has 0 aliphatic rings. The van der Waals surface area contributed by atoms with Crippen LogP contribution in [0.3, 0.4) is 0 Å². The maximum absolute atomic E-state index is 10.6. The summed E-state index contributed by atoms with van der Waals surface area (Å²) in [4.78, 5) is 34.2. The van der Waals surface area contributed by atoms with Crippen molar-refractivity contribution in [3.05, 3.63) is 42.5 Å². The number of fused-ring (bicyclic) bond motifs is 1. The number of hydrogen-bond acceptors (Lipinski definition) is 8. The zero-order valence-electron chi connectivity index (χ0n) is 9.42. The second-order valence-corrected chi connectivity index (χ2v) is 3.23. The number of hydrogen-bond donors (Lipinski definition) is 3. The molecule has 2 aromatic rings. The molecule has 0 bridgehead atoms. The van der Waals surface area contributed by atoms with Crippen LogP contribution in [0.5, 0.6) is 0 Å². The Morgan fingerprint density at radius 2 is 1.55 bits per heavy atom. The SMILES string of the molecule is Nc1nc2cc([N+](=O)[O-])c([N+](=O)[O-])cc2[nH]1.O=[N+]([O-])O. The highest BCUT2D eigenvalue weighted by Gasteiger charge is 2.25. The number of nitrogens with two attached hydrogens (primary N) is 1. The maximum atomic E-state index is 10.6. The van der Waals surface area contributed by atoms with Gasteiger partial charge in [0.2, 0.25) is 0 Å². The molecule has 0 atom stereocenters. The van der Waals surface area contributed by atoms with Crippen molar-refractivity contribution in [3.63, 3.8) is 0 Å². The lowest BCUT2D eigenvalue weighted by molar-refractivity contribution is -0.742. The number of rotatable bonds is 2. The van der Waals surface area contributed by atoms with E-state index in [1.807, 2.05) is 0 Å². The first-order chi connectivity index (χ1) is 9.22. The Balaban J connectivity index is 0.000000444. The van der Waals surface area contributed by atoms with E-state index >= 15 is 0 Å². The first kappa shape index (κ1) is 14.6. The van der Waals surface area contributed by atoms with Crippen LogP contribution in [-0.2, 0) is 0 Å². The summed E-state index contributed by atoms with van der Waals surface area (Å²) in [5, 5.41) is 34.9. The van der Waals surface area contributed by atoms with E-state index in [9.17, 15) is 20.2 Å². The normalized spacial score (nSPS) is 9.60. The van der Waals surface area contributed by atoms with Crippen LogP contribution < -0.4 is 5.73 Å². The first-order valence-corrected chi connectivity index (χ1v) is 4.63. The summed E-state index contributed by atoms with van der Waals surface area (Å²) in [6.07, 6.45) is 0. The van der Waals surface area contributed by atoms with Crippen molar-refractivity contribution in [3.8, 4) is 0 Å². The van der Waals surface area contributed by atoms with E-state index in [0.29, 0.717) is 0 Å². The van der Waals surface area contributed by atoms with E-state index < -0.39 is 26.3 Å². The minimum absolute atomic E-state index is 0.0461. The molecule has 13 nitrogen and oxygen atoms in total. The highest BCUT2D eigenvalue weighted by atomic mass is 16.9. The van der Waals surface area contributed by atoms with Crippen molar-refractivity contribution >= 4 is 28.4 Å². The van der Waals surface area contributed by atoms with Crippen molar-refractivity contribution in [2.45, 2.75) is 0 Å². The van der Waals surface area contributed by atoms with Gasteiger partial charge in [-0.15, -0.1) is 10.1 Å². The number of nitrogens with one attached hydrogen (secondary N) is 1. The summed E-state index contributed by atoms with van der Waals surface area (Å²) in [5.41, 5.74) is 4.64. The standard InChI is InChI=1S/C7H5N5O4.HNO3/c8-7-9-3-1-5(11(13)14)6(12(15)16)2-4(3)10-7;2-1(3)4/h1-2H,(H3,8,9,10);(H,2,3,4). The minimum Gasteiger partial charge on any atom is -0.369 e. The van der Waals surface area contributed by atoms with Crippen molar-refractivity contribution in [2.75, 3.05) is 5.73 Å². The first-order valence-electron chi connectivity index (χ1n) is 4.63. The van der Waals surface area contributed by atoms with Crippen LogP contribution in [0.1, 0.15) is 0 Å². The van der Waals surface area contributed by atoms with Crippen molar-refractivity contribution in [1.82, 2.24) is 9.97 Å². The highest BCUT2D eigenvalue weighted by molar-refractivity contribution is 5.84. The topological polar surface area (TPSA) is 204 Å². The molecule has 0 radical (unpaired) electrons. The van der Waals surface area contributed by atoms with Crippen molar-refractivity contribution in [1.29, 1.82) is 0 Å². The summed E-state index contributed by atoms with van der Waals surface area (Å²) < 4.78 is 0. The Morgan fingerprint density at radius 1 is 1.10 bits per heavy atom. The Bertz CT molecular complexity index is 639. The molecule has 0 spiro atoms. The Hall–Kier alpha value is -3.51. The fourth-order valence-corrected chi connectivity index (χ4v) is 1.35. The van der Waals surface area contributed by atoms with E-state index in [1.54, 1.807) is 0 Å². The quantitative estimate of drug-likeness (QED) is 0.521. The number of anilines is 1. The average Bonchev–Trinajstić information content (AvgIpc) is 2.65. The summed E-state index contributed by atoms with van der Waals surface area (Å²) >= 11 is 0. The third-order valence-corrected chi connectivity index (χ3v) is 1.99. The van der Waals surface area contributed by atoms with Crippen LogP contribution in [-0.4, -0.2) is 30.1 Å². The molecular formula is C7H6N6O7. The second-order valence-electron chi connectivity index (χ2n) is 3.23. The van der Waals surface area contributed by atoms with Gasteiger partial charge in [-0.3, -0.25) is 20.2 Å². The molecule has 106 valence electrons. The predicted molar refractivity (Wildman–Crippen MR) is 62.6 cm³/mol. The maximum Gasteiger partial charge on any atom is 0.348 e. The molecule has 1 aromatic carbocycles. The van der Waals surface area contributed by atoms with Crippen LogP contribution in [0.4, 0.5) is 17.3 Å². The smallest absolute Gasteiger partial charge is 0.348 e. The third-order valence-electron chi connectivity index (χ3n) is 1.99. The van der Waals surface area contributed by atoms with Gasteiger partial charge in [0.25, 0.3) is 5.09 Å². The second kappa shape index (κ2) is 5.42. The van der Waals surface area contributed by atoms with E-state index in [2.05, 4.69) is 9.97 Å². The molecule has 0 saturated carbocycles. The minimum atomic E-state index is -1.50. The number of nitro benzene ring substituents is 2. The molecule has 20 heavy (non-hydrogen) atoms. The zero-order chi connectivity index (χ0) is 15.4. The van der Waals surface area contributed by atoms with E-state index in [4.69, 9.17) is 21.1 Å². The van der Waals surface area contributed by atoms with E-state index in [0.717, 1.165) is 12.1 Å². The Kier molecular flexibility index (Phi) is 3.95. The Labute approximate surface area is 108 Å². The van der Waals surface area contributed by atoms with Gasteiger partial charge in [-0.1, -0.05) is 0 Å². The summed E-state index contributed by atoms with van der Waals surface area (Å²) in [6, 6.07) is 2.05. The molecule has 1 aromatic heterocycles. The lowest BCUT2D eigenvalue weighted by atomic mass is 10.2. The molecule has 13 heteroatoms. The fourth-order valence-electron chi connectivity index (χ4n) is 1.35. The largest absolute Gasteiger partial charge is 0.369 e. The van der Waals surface area contributed by atoms with Crippen molar-refractivity contribution in [2.24, 2.45) is 0 Å². The number of nitrogens with zero attached hydrogens (tertiary/aromatic N) is 4. The molecule has 4 N–H and O–H groups in total. The number of nitro groups is 2. The van der Waals surface area contributed by atoms with Gasteiger partial charge in [0.15, 0.2) is 5.95 Å². The van der Waals surface area contributed by atoms with Crippen LogP contribution in [0.2, 0.25) is 0 Å². The third kappa shape index (κ3) is 3.25. The monoisotopic (exact) mass is 286 g/mol. The van der Waals surface area contributed by atoms with Gasteiger partial charge in [0.05, 0.1) is 26.9 Å². The predicted octanol–water partition coefficient (Wildman–Crippen LogP) is 0.614. The van der Waals surface area contributed by atoms with Gasteiger partial charge in [-0.2, -0.15) is 0 Å². The van der Waals surface area contributed by atoms with Crippen LogP contribution >= 0.6 is 0 Å². The van der Waals surface area contributed by atoms with Crippen molar-refractivity contribution < 1.29 is 20.1 Å². The van der Waals surface area contributed by atoms with Gasteiger partial charge >= 0.3 is 11.4 Å². The average molecular weight is 286 g/mol. The van der Waals surface area contributed by atoms with E-state index in [1.165, 1.54) is 0 Å². The highest BCUT2D eigenvalue weighted by Crippen LogP contribution is 2.30. The molecule has 2 rings (SSSR count). The molecule has 0 amide bonds. The van der Waals surface area contributed by atoms with Crippen LogP contribution in [0, 0.1) is 30.3 Å². The number of benzene rings is 1. The van der Waals surface area contributed by atoms with Gasteiger partial charge in [-0.25, -0.2) is 4.98 Å². The van der Waals surface area contributed by atoms with Gasteiger partial charge < -0.3 is 15.9 Å². The number of imidazole rings is 1. The zero-order valence-corrected chi connectivity index (χ0v) is 9.42. The van der Waals surface area contributed by atoms with Gasteiger partial charge in [0.1, 0.15) is 0 Å². The number of aromatic nitrogens is 2. The molecule has 0 aliphatic heterocycles. The number of aromatic amines is 1. The lowest BCUT2D eigenvalue weighted by Gasteiger charge is -1.94. The fraction of sp³-hybridized carbons (Fsp3) is 0. The summed E-state index contributed by atoms with van der Waals surface area (Å²) in [5.74, 6) is 0.0461. The number of nitrogen functional groups attached to an aromatic ring is 1. The molecular weight excluding hydrogens is 280 g/mol. The lowest BCUT2D eigenvalue weighted by Crippen LogP contribution is -1.96. The molecule has 0 unspecified atom stereocenters. The summed E-state index contributed by atoms with van der Waals surface area (Å²) in [6.45, 7) is 0. The molecule has 0 aliphatic carbocycles. The van der Waals surface area contributed by atoms with Crippen LogP contribution in [0.15, 0.2) is 12.1 Å².